The second-order valence-corrected chi connectivity index (χ2v) is 7.48. The zero-order valence-corrected chi connectivity index (χ0v) is 19.3. The fourth-order valence-corrected chi connectivity index (χ4v) is 3.45. The van der Waals surface area contributed by atoms with Gasteiger partial charge in [0.15, 0.2) is 11.5 Å². The van der Waals surface area contributed by atoms with Crippen molar-refractivity contribution in [2.24, 2.45) is 0 Å². The van der Waals surface area contributed by atoms with Crippen molar-refractivity contribution in [1.29, 1.82) is 5.26 Å². The Morgan fingerprint density at radius 2 is 1.69 bits per heavy atom. The third-order valence-corrected chi connectivity index (χ3v) is 5.20. The van der Waals surface area contributed by atoms with E-state index in [2.05, 4.69) is 16.7 Å². The zero-order valence-electron chi connectivity index (χ0n) is 19.3. The van der Waals surface area contributed by atoms with Crippen LogP contribution in [0.4, 0.5) is 5.69 Å². The number of hydrogen-bond acceptors (Lipinski definition) is 6. The molecular formula is C27H25N3O5. The molecule has 178 valence electrons. The van der Waals surface area contributed by atoms with Gasteiger partial charge in [-0.1, -0.05) is 30.3 Å². The third-order valence-electron chi connectivity index (χ3n) is 5.20. The maximum absolute atomic E-state index is 13.5. The van der Waals surface area contributed by atoms with Gasteiger partial charge in [-0.2, -0.15) is 5.26 Å². The molecule has 3 rings (SSSR count). The normalized spacial score (nSPS) is 11.3. The summed E-state index contributed by atoms with van der Waals surface area (Å²) in [4.78, 5) is 24.7. The molecule has 0 aliphatic rings. The van der Waals surface area contributed by atoms with Crippen LogP contribution in [0.5, 0.6) is 11.5 Å². The van der Waals surface area contributed by atoms with E-state index in [1.54, 1.807) is 36.4 Å². The first-order valence-corrected chi connectivity index (χ1v) is 10.7. The van der Waals surface area contributed by atoms with Gasteiger partial charge in [0.1, 0.15) is 6.04 Å². The average Bonchev–Trinajstić information content (AvgIpc) is 2.89. The molecule has 0 aliphatic heterocycles. The maximum Gasteiger partial charge on any atom is 0.328 e. The van der Waals surface area contributed by atoms with Gasteiger partial charge in [0, 0.05) is 18.3 Å². The molecule has 3 N–H and O–H groups in total. The molecule has 0 aromatic heterocycles. The van der Waals surface area contributed by atoms with E-state index in [0.29, 0.717) is 40.4 Å². The highest BCUT2D eigenvalue weighted by Gasteiger charge is 2.25. The Hall–Kier alpha value is -4.77. The summed E-state index contributed by atoms with van der Waals surface area (Å²) < 4.78 is 10.8. The van der Waals surface area contributed by atoms with Crippen LogP contribution in [0.3, 0.4) is 0 Å². The molecule has 1 unspecified atom stereocenters. The number of carbonyl (C=O) groups is 2. The first-order chi connectivity index (χ1) is 16.9. The summed E-state index contributed by atoms with van der Waals surface area (Å²) in [6, 6.07) is 20.6. The molecule has 35 heavy (non-hydrogen) atoms. The number of nitrogens with one attached hydrogen (secondary N) is 2. The molecular weight excluding hydrogens is 446 g/mol. The Kier molecular flexibility index (Phi) is 8.46. The van der Waals surface area contributed by atoms with E-state index in [4.69, 9.17) is 14.7 Å². The fraction of sp³-hybridized carbons (Fsp3) is 0.148. The van der Waals surface area contributed by atoms with Gasteiger partial charge in [-0.25, -0.2) is 4.79 Å². The van der Waals surface area contributed by atoms with Gasteiger partial charge in [-0.15, -0.1) is 0 Å². The number of hydrogen-bond donors (Lipinski definition) is 3. The molecule has 0 saturated heterocycles. The van der Waals surface area contributed by atoms with Crippen molar-refractivity contribution in [1.82, 2.24) is 5.32 Å². The number of aliphatic carboxylic acids is 1. The summed E-state index contributed by atoms with van der Waals surface area (Å²) in [5.74, 6) is -0.688. The fourth-order valence-electron chi connectivity index (χ4n) is 3.45. The summed E-state index contributed by atoms with van der Waals surface area (Å²) in [6.45, 7) is 0.304. The van der Waals surface area contributed by atoms with Gasteiger partial charge < -0.3 is 25.2 Å². The number of rotatable bonds is 10. The van der Waals surface area contributed by atoms with E-state index in [9.17, 15) is 14.7 Å². The second kappa shape index (κ2) is 11.9. The monoisotopic (exact) mass is 471 g/mol. The Labute approximate surface area is 203 Å². The number of nitriles is 1. The topological polar surface area (TPSA) is 121 Å². The Morgan fingerprint density at radius 3 is 2.29 bits per heavy atom. The first-order valence-electron chi connectivity index (χ1n) is 10.7. The predicted octanol–water partition coefficient (Wildman–Crippen LogP) is 4.14. The van der Waals surface area contributed by atoms with Crippen LogP contribution in [0.25, 0.3) is 6.08 Å². The van der Waals surface area contributed by atoms with Crippen LogP contribution >= 0.6 is 0 Å². The molecule has 8 heteroatoms. The second-order valence-electron chi connectivity index (χ2n) is 7.48. The highest BCUT2D eigenvalue weighted by Crippen LogP contribution is 2.35. The van der Waals surface area contributed by atoms with Crippen molar-refractivity contribution in [3.05, 3.63) is 95.1 Å². The van der Waals surface area contributed by atoms with Crippen molar-refractivity contribution in [3.8, 4) is 17.6 Å². The largest absolute Gasteiger partial charge is 0.493 e. The molecule has 0 aliphatic carbocycles. The van der Waals surface area contributed by atoms with Crippen LogP contribution in [-0.4, -0.2) is 31.2 Å². The van der Waals surface area contributed by atoms with Crippen molar-refractivity contribution in [2.45, 2.75) is 12.6 Å². The molecule has 3 aromatic rings. The predicted molar refractivity (Wildman–Crippen MR) is 132 cm³/mol. The average molecular weight is 472 g/mol. The van der Waals surface area contributed by atoms with E-state index in [1.807, 2.05) is 30.3 Å². The summed E-state index contributed by atoms with van der Waals surface area (Å²) in [7, 11) is 2.95. The SMILES string of the molecule is COc1cc(C=CC(=O)O)c(C(Nc2ccc(C#N)cc2)C(=O)NCc2ccccc2)cc1OC. The Bertz CT molecular complexity index is 1250. The Balaban J connectivity index is 2.05. The lowest BCUT2D eigenvalue weighted by Crippen LogP contribution is -2.33. The lowest BCUT2D eigenvalue weighted by Gasteiger charge is -2.23. The van der Waals surface area contributed by atoms with Crippen molar-refractivity contribution in [2.75, 3.05) is 19.5 Å². The molecule has 0 heterocycles. The van der Waals surface area contributed by atoms with Gasteiger partial charge in [0.05, 0.1) is 25.9 Å². The summed E-state index contributed by atoms with van der Waals surface area (Å²) >= 11 is 0. The highest BCUT2D eigenvalue weighted by atomic mass is 16.5. The Morgan fingerprint density at radius 1 is 1.03 bits per heavy atom. The van der Waals surface area contributed by atoms with Gasteiger partial charge in [-0.05, 0) is 59.2 Å². The molecule has 3 aromatic carbocycles. The summed E-state index contributed by atoms with van der Waals surface area (Å²) in [5.41, 5.74) is 2.96. The van der Waals surface area contributed by atoms with E-state index in [-0.39, 0.29) is 5.91 Å². The minimum absolute atomic E-state index is 0.304. The molecule has 0 spiro atoms. The minimum atomic E-state index is -1.13. The summed E-state index contributed by atoms with van der Waals surface area (Å²) in [5, 5.41) is 24.4. The number of anilines is 1. The summed E-state index contributed by atoms with van der Waals surface area (Å²) in [6.07, 6.45) is 2.39. The third kappa shape index (κ3) is 6.62. The van der Waals surface area contributed by atoms with Crippen LogP contribution in [0.15, 0.2) is 72.8 Å². The number of ether oxygens (including phenoxy) is 2. The molecule has 0 radical (unpaired) electrons. The first kappa shape index (κ1) is 24.9. The molecule has 0 fully saturated rings. The van der Waals surface area contributed by atoms with Gasteiger partial charge >= 0.3 is 5.97 Å². The van der Waals surface area contributed by atoms with Gasteiger partial charge in [-0.3, -0.25) is 4.79 Å². The number of benzene rings is 3. The number of methoxy groups -OCH3 is 2. The number of amides is 1. The van der Waals surface area contributed by atoms with Crippen LogP contribution in [0, 0.1) is 11.3 Å². The minimum Gasteiger partial charge on any atom is -0.493 e. The van der Waals surface area contributed by atoms with E-state index < -0.39 is 12.0 Å². The van der Waals surface area contributed by atoms with Crippen LogP contribution in [0.2, 0.25) is 0 Å². The van der Waals surface area contributed by atoms with Crippen molar-refractivity contribution < 1.29 is 24.2 Å². The van der Waals surface area contributed by atoms with Crippen LogP contribution in [0.1, 0.15) is 28.3 Å². The molecule has 1 atom stereocenters. The van der Waals surface area contributed by atoms with Crippen molar-refractivity contribution >= 4 is 23.6 Å². The zero-order chi connectivity index (χ0) is 25.2. The van der Waals surface area contributed by atoms with E-state index in [1.165, 1.54) is 20.3 Å². The molecule has 8 nitrogen and oxygen atoms in total. The number of carbonyl (C=O) groups excluding carboxylic acids is 1. The van der Waals surface area contributed by atoms with Gasteiger partial charge in [0.25, 0.3) is 0 Å². The number of carboxylic acid groups (broad SMARTS) is 1. The standard InChI is InChI=1S/C27H25N3O5/c1-34-23-14-20(10-13-25(31)32)22(15-24(23)35-2)26(30-21-11-8-18(16-28)9-12-21)27(33)29-17-19-6-4-3-5-7-19/h3-15,26,30H,17H2,1-2H3,(H,29,33)(H,31,32). The molecule has 0 saturated carbocycles. The van der Waals surface area contributed by atoms with E-state index in [0.717, 1.165) is 11.6 Å². The van der Waals surface area contributed by atoms with Crippen molar-refractivity contribution in [3.63, 3.8) is 0 Å². The lowest BCUT2D eigenvalue weighted by molar-refractivity contribution is -0.131. The quantitative estimate of drug-likeness (QED) is 0.380. The van der Waals surface area contributed by atoms with Crippen LogP contribution in [-0.2, 0) is 16.1 Å². The number of carboxylic acids is 1. The maximum atomic E-state index is 13.5. The smallest absolute Gasteiger partial charge is 0.328 e. The number of nitrogens with zero attached hydrogens (tertiary/aromatic N) is 1. The molecule has 1 amide bonds. The van der Waals surface area contributed by atoms with E-state index >= 15 is 0 Å². The lowest BCUT2D eigenvalue weighted by atomic mass is 9.97. The van der Waals surface area contributed by atoms with Crippen LogP contribution < -0.4 is 20.1 Å². The molecule has 0 bridgehead atoms. The van der Waals surface area contributed by atoms with Gasteiger partial charge in [0.2, 0.25) is 5.91 Å². The highest BCUT2D eigenvalue weighted by molar-refractivity contribution is 5.90.